The molecule has 1 aromatic carbocycles. The van der Waals surface area contributed by atoms with E-state index < -0.39 is 11.2 Å². The summed E-state index contributed by atoms with van der Waals surface area (Å²) in [7, 11) is 0. The summed E-state index contributed by atoms with van der Waals surface area (Å²) in [6.07, 6.45) is 5.35. The molecule has 0 radical (unpaired) electrons. The Morgan fingerprint density at radius 1 is 1.38 bits per heavy atom. The van der Waals surface area contributed by atoms with Crippen LogP contribution in [-0.4, -0.2) is 54.9 Å². The summed E-state index contributed by atoms with van der Waals surface area (Å²) in [4.78, 5) is 25.7. The maximum absolute atomic E-state index is 14.7. The number of aromatic nitrogens is 5. The van der Waals surface area contributed by atoms with Gasteiger partial charge in [-0.15, -0.1) is 0 Å². The van der Waals surface area contributed by atoms with Crippen LogP contribution in [-0.2, 0) is 4.79 Å². The summed E-state index contributed by atoms with van der Waals surface area (Å²) >= 11 is 3.45. The van der Waals surface area contributed by atoms with Crippen molar-refractivity contribution in [2.75, 3.05) is 18.5 Å². The maximum atomic E-state index is 14.7. The molecule has 34 heavy (non-hydrogen) atoms. The third-order valence-electron chi connectivity index (χ3n) is 6.29. The van der Waals surface area contributed by atoms with E-state index in [1.807, 2.05) is 13.0 Å². The first-order valence-electron chi connectivity index (χ1n) is 11.0. The van der Waals surface area contributed by atoms with Gasteiger partial charge in [-0.25, -0.2) is 14.1 Å². The van der Waals surface area contributed by atoms with E-state index in [0.29, 0.717) is 44.6 Å². The van der Waals surface area contributed by atoms with E-state index in [4.69, 9.17) is 5.11 Å². The third kappa shape index (κ3) is 4.09. The van der Waals surface area contributed by atoms with Crippen LogP contribution < -0.4 is 10.6 Å². The smallest absolute Gasteiger partial charge is 0.226 e. The third-order valence-corrected chi connectivity index (χ3v) is 6.87. The predicted molar refractivity (Wildman–Crippen MR) is 129 cm³/mol. The highest BCUT2D eigenvalue weighted by Gasteiger charge is 2.41. The number of halogens is 2. The van der Waals surface area contributed by atoms with Crippen LogP contribution in [0.2, 0.25) is 0 Å². The van der Waals surface area contributed by atoms with Gasteiger partial charge in [0.1, 0.15) is 10.1 Å². The van der Waals surface area contributed by atoms with Crippen LogP contribution in [0.4, 0.5) is 10.3 Å². The van der Waals surface area contributed by atoms with Crippen LogP contribution >= 0.6 is 15.9 Å². The number of nitrogens with zero attached hydrogens (tertiary/aromatic N) is 5. The first-order valence-corrected chi connectivity index (χ1v) is 11.8. The van der Waals surface area contributed by atoms with Crippen molar-refractivity contribution in [2.45, 2.75) is 32.2 Å². The van der Waals surface area contributed by atoms with Gasteiger partial charge < -0.3 is 15.7 Å². The molecule has 0 saturated heterocycles. The number of fused-ring (bicyclic) bond motifs is 2. The number of aliphatic hydroxyl groups excluding tert-OH is 1. The molecule has 3 aromatic heterocycles. The molecule has 0 aliphatic heterocycles. The van der Waals surface area contributed by atoms with Crippen molar-refractivity contribution >= 4 is 49.7 Å². The number of hydrogen-bond acceptors (Lipinski definition) is 7. The van der Waals surface area contributed by atoms with Crippen LogP contribution in [0.25, 0.3) is 27.6 Å². The van der Waals surface area contributed by atoms with Gasteiger partial charge in [0.05, 0.1) is 17.7 Å². The molecule has 4 aromatic rings. The summed E-state index contributed by atoms with van der Waals surface area (Å²) in [5.41, 5.74) is 0.824. The van der Waals surface area contributed by atoms with Gasteiger partial charge in [-0.2, -0.15) is 10.1 Å². The number of carbonyl (C=O) groups excluding carboxylic acids is 1. The number of amides is 1. The second-order valence-electron chi connectivity index (χ2n) is 8.76. The van der Waals surface area contributed by atoms with Crippen molar-refractivity contribution in [3.05, 3.63) is 47.1 Å². The Balaban J connectivity index is 1.44. The minimum atomic E-state index is -0.515. The molecular formula is C23H23BrFN7O2. The lowest BCUT2D eigenvalue weighted by Gasteiger charge is -2.23. The molecular weight excluding hydrogens is 505 g/mol. The van der Waals surface area contributed by atoms with Gasteiger partial charge in [-0.1, -0.05) is 13.0 Å². The Morgan fingerprint density at radius 3 is 3.06 bits per heavy atom. The highest BCUT2D eigenvalue weighted by molar-refractivity contribution is 9.10. The minimum absolute atomic E-state index is 0.0197. The van der Waals surface area contributed by atoms with E-state index in [2.05, 4.69) is 46.6 Å². The van der Waals surface area contributed by atoms with Gasteiger partial charge in [0.15, 0.2) is 11.5 Å². The van der Waals surface area contributed by atoms with Crippen molar-refractivity contribution < 1.29 is 14.3 Å². The van der Waals surface area contributed by atoms with Crippen molar-refractivity contribution in [1.82, 2.24) is 30.0 Å². The molecule has 1 amide bonds. The van der Waals surface area contributed by atoms with Crippen LogP contribution in [0.5, 0.6) is 0 Å². The molecule has 11 heteroatoms. The van der Waals surface area contributed by atoms with Gasteiger partial charge >= 0.3 is 0 Å². The number of rotatable bonds is 6. The summed E-state index contributed by atoms with van der Waals surface area (Å²) in [5, 5.41) is 20.9. The summed E-state index contributed by atoms with van der Waals surface area (Å²) < 4.78 is 16.8. The van der Waals surface area contributed by atoms with Crippen molar-refractivity contribution in [1.29, 1.82) is 0 Å². The number of benzene rings is 1. The van der Waals surface area contributed by atoms with Crippen LogP contribution in [0.3, 0.4) is 0 Å². The first kappa shape index (κ1) is 22.6. The number of hydrogen-bond donors (Lipinski definition) is 3. The lowest BCUT2D eigenvalue weighted by molar-refractivity contribution is -0.130. The van der Waals surface area contributed by atoms with Crippen LogP contribution in [0.1, 0.15) is 26.2 Å². The van der Waals surface area contributed by atoms with Gasteiger partial charge in [-0.05, 0) is 47.3 Å². The van der Waals surface area contributed by atoms with E-state index in [0.717, 1.165) is 12.8 Å². The monoisotopic (exact) mass is 527 g/mol. The largest absolute Gasteiger partial charge is 0.395 e. The second-order valence-corrected chi connectivity index (χ2v) is 9.51. The number of nitrogens with one attached hydrogen (secondary N) is 2. The molecule has 1 aliphatic rings. The number of aliphatic hydroxyl groups is 1. The molecule has 1 fully saturated rings. The van der Waals surface area contributed by atoms with E-state index in [1.54, 1.807) is 29.2 Å². The molecule has 0 spiro atoms. The van der Waals surface area contributed by atoms with Crippen LogP contribution in [0.15, 0.2) is 41.3 Å². The molecule has 1 saturated carbocycles. The maximum Gasteiger partial charge on any atom is 0.226 e. The van der Waals surface area contributed by atoms with Crippen molar-refractivity contribution in [3.63, 3.8) is 0 Å². The van der Waals surface area contributed by atoms with Gasteiger partial charge in [0, 0.05) is 41.8 Å². The van der Waals surface area contributed by atoms with Crippen molar-refractivity contribution in [2.24, 2.45) is 5.41 Å². The molecule has 0 unspecified atom stereocenters. The molecule has 0 bridgehead atoms. The SMILES string of the molecule is C[C@@]1(C(=O)NCCO)CC[C@@H](Nc2ncc3c(Br)nn(-c4cc(F)c5ncccc5c4)c3n2)C1. The molecule has 5 rings (SSSR count). The Morgan fingerprint density at radius 2 is 2.24 bits per heavy atom. The van der Waals surface area contributed by atoms with E-state index in [-0.39, 0.29) is 25.1 Å². The van der Waals surface area contributed by atoms with Crippen molar-refractivity contribution in [3.8, 4) is 5.69 Å². The Labute approximate surface area is 202 Å². The average molecular weight is 528 g/mol. The lowest BCUT2D eigenvalue weighted by atomic mass is 9.87. The molecule has 1 aliphatic carbocycles. The molecule has 9 nitrogen and oxygen atoms in total. The van der Waals surface area contributed by atoms with Crippen LogP contribution in [0, 0.1) is 11.2 Å². The fraction of sp³-hybridized carbons (Fsp3) is 0.348. The zero-order valence-electron chi connectivity index (χ0n) is 18.4. The number of carbonyl (C=O) groups is 1. The topological polar surface area (TPSA) is 118 Å². The molecule has 3 N–H and O–H groups in total. The van der Waals surface area contributed by atoms with Gasteiger partial charge in [0.2, 0.25) is 11.9 Å². The predicted octanol–water partition coefficient (Wildman–Crippen LogP) is 3.34. The Bertz CT molecular complexity index is 1390. The highest BCUT2D eigenvalue weighted by Crippen LogP contribution is 2.39. The van der Waals surface area contributed by atoms with Gasteiger partial charge in [-0.3, -0.25) is 9.78 Å². The average Bonchev–Trinajstić information content (AvgIpc) is 3.37. The van der Waals surface area contributed by atoms with E-state index in [9.17, 15) is 9.18 Å². The summed E-state index contributed by atoms with van der Waals surface area (Å²) in [6.45, 7) is 2.09. The summed E-state index contributed by atoms with van der Waals surface area (Å²) in [6, 6.07) is 6.77. The van der Waals surface area contributed by atoms with Gasteiger partial charge in [0.25, 0.3) is 0 Å². The highest BCUT2D eigenvalue weighted by atomic mass is 79.9. The lowest BCUT2D eigenvalue weighted by Crippen LogP contribution is -2.39. The van der Waals surface area contributed by atoms with E-state index >= 15 is 0 Å². The molecule has 176 valence electrons. The molecule has 3 heterocycles. The van der Waals surface area contributed by atoms with E-state index in [1.165, 1.54) is 6.07 Å². The normalized spacial score (nSPS) is 20.2. The minimum Gasteiger partial charge on any atom is -0.395 e. The molecule has 2 atom stereocenters. The second kappa shape index (κ2) is 8.88. The summed E-state index contributed by atoms with van der Waals surface area (Å²) in [5.74, 6) is -0.0869. The standard InChI is InChI=1S/C23H23BrFN7O2/c1-23(21(34)27-7-8-33)5-4-14(11-23)29-22-28-12-16-19(24)31-32(20(16)30-22)15-9-13-3-2-6-26-18(13)17(25)10-15/h2-3,6,9-10,12,14,33H,4-5,7-8,11H2,1H3,(H,27,34)(H,28,29,30)/t14-,23-/m1/s1. The fourth-order valence-electron chi connectivity index (χ4n) is 4.51. The fourth-order valence-corrected chi connectivity index (χ4v) is 4.95. The first-order chi connectivity index (χ1) is 16.4. The quantitative estimate of drug-likeness (QED) is 0.352. The Kier molecular flexibility index (Phi) is 5.90. The Hall–Kier alpha value is -3.18. The number of pyridine rings is 1. The zero-order chi connectivity index (χ0) is 23.9. The number of anilines is 1. The zero-order valence-corrected chi connectivity index (χ0v) is 20.0.